The highest BCUT2D eigenvalue weighted by Gasteiger charge is 2.18. The van der Waals surface area contributed by atoms with Crippen LogP contribution in [0.2, 0.25) is 0 Å². The molecule has 0 amide bonds. The molecule has 0 aliphatic heterocycles. The smallest absolute Gasteiger partial charge is 0.244 e. The van der Waals surface area contributed by atoms with Crippen molar-refractivity contribution in [3.05, 3.63) is 42.7 Å². The normalized spacial score (nSPS) is 11.2. The molecule has 2 N–H and O–H groups in total. The summed E-state index contributed by atoms with van der Waals surface area (Å²) in [5.74, 6) is 0. The molecule has 0 aromatic carbocycles. The van der Waals surface area contributed by atoms with Gasteiger partial charge in [-0.25, -0.2) is 23.1 Å². The van der Waals surface area contributed by atoms with E-state index in [4.69, 9.17) is 0 Å². The maximum absolute atomic E-state index is 12.2. The standard InChI is InChI=1S/C11H13N5O2S/c1-12-10-3-5-13-7-11(10)19(17,18)16-6-9-2-4-14-8-15-9/h2-5,7-8,16H,6H2,1H3,(H,12,13). The second-order valence-corrected chi connectivity index (χ2v) is 5.38. The largest absolute Gasteiger partial charge is 0.387 e. The highest BCUT2D eigenvalue weighted by Crippen LogP contribution is 2.18. The van der Waals surface area contributed by atoms with Crippen LogP contribution in [0.4, 0.5) is 5.69 Å². The molecule has 0 saturated heterocycles. The summed E-state index contributed by atoms with van der Waals surface area (Å²) in [6.07, 6.45) is 5.75. The fourth-order valence-corrected chi connectivity index (χ4v) is 2.62. The van der Waals surface area contributed by atoms with Crippen LogP contribution in [0.1, 0.15) is 5.69 Å². The second kappa shape index (κ2) is 5.72. The molecular formula is C11H13N5O2S. The van der Waals surface area contributed by atoms with Gasteiger partial charge < -0.3 is 5.32 Å². The fourth-order valence-electron chi connectivity index (χ4n) is 1.47. The van der Waals surface area contributed by atoms with Gasteiger partial charge in [0, 0.05) is 25.6 Å². The zero-order chi connectivity index (χ0) is 13.7. The van der Waals surface area contributed by atoms with Crippen LogP contribution in [0.15, 0.2) is 41.9 Å². The fraction of sp³-hybridized carbons (Fsp3) is 0.182. The minimum absolute atomic E-state index is 0.100. The quantitative estimate of drug-likeness (QED) is 0.822. The van der Waals surface area contributed by atoms with Crippen LogP contribution in [-0.2, 0) is 16.6 Å². The molecule has 2 rings (SSSR count). The molecule has 0 unspecified atom stereocenters. The Hall–Kier alpha value is -2.06. The minimum atomic E-state index is -3.64. The average Bonchev–Trinajstić information content (AvgIpc) is 2.46. The molecule has 0 aliphatic rings. The Bertz CT molecular complexity index is 645. The van der Waals surface area contributed by atoms with Crippen LogP contribution in [-0.4, -0.2) is 30.4 Å². The molecular weight excluding hydrogens is 266 g/mol. The first-order valence-corrected chi connectivity index (χ1v) is 6.98. The van der Waals surface area contributed by atoms with Crippen molar-refractivity contribution in [2.75, 3.05) is 12.4 Å². The number of anilines is 1. The number of sulfonamides is 1. The van der Waals surface area contributed by atoms with E-state index in [-0.39, 0.29) is 11.4 Å². The van der Waals surface area contributed by atoms with Crippen LogP contribution in [0.5, 0.6) is 0 Å². The van der Waals surface area contributed by atoms with E-state index in [2.05, 4.69) is 25.0 Å². The van der Waals surface area contributed by atoms with Crippen LogP contribution in [0.25, 0.3) is 0 Å². The van der Waals surface area contributed by atoms with Crippen molar-refractivity contribution in [3.63, 3.8) is 0 Å². The zero-order valence-electron chi connectivity index (χ0n) is 10.2. The predicted octanol–water partition coefficient (Wildman–Crippen LogP) is 0.392. The highest BCUT2D eigenvalue weighted by molar-refractivity contribution is 7.89. The van der Waals surface area contributed by atoms with E-state index in [0.29, 0.717) is 11.4 Å². The molecule has 100 valence electrons. The van der Waals surface area contributed by atoms with Crippen LogP contribution in [0.3, 0.4) is 0 Å². The van der Waals surface area contributed by atoms with Gasteiger partial charge in [0.1, 0.15) is 11.2 Å². The lowest BCUT2D eigenvalue weighted by Gasteiger charge is -2.10. The molecule has 2 aromatic heterocycles. The first kappa shape index (κ1) is 13.4. The Balaban J connectivity index is 2.19. The third kappa shape index (κ3) is 3.24. The molecule has 7 nitrogen and oxygen atoms in total. The van der Waals surface area contributed by atoms with E-state index < -0.39 is 10.0 Å². The van der Waals surface area contributed by atoms with Crippen molar-refractivity contribution >= 4 is 15.7 Å². The number of hydrogen-bond acceptors (Lipinski definition) is 6. The molecule has 0 bridgehead atoms. The van der Waals surface area contributed by atoms with Gasteiger partial charge in [-0.05, 0) is 12.1 Å². The van der Waals surface area contributed by atoms with Gasteiger partial charge >= 0.3 is 0 Å². The third-order valence-electron chi connectivity index (χ3n) is 2.43. The molecule has 19 heavy (non-hydrogen) atoms. The van der Waals surface area contributed by atoms with E-state index in [1.165, 1.54) is 18.7 Å². The summed E-state index contributed by atoms with van der Waals surface area (Å²) in [5.41, 5.74) is 1.08. The van der Waals surface area contributed by atoms with Gasteiger partial charge in [0.2, 0.25) is 10.0 Å². The van der Waals surface area contributed by atoms with Crippen molar-refractivity contribution in [2.45, 2.75) is 11.4 Å². The molecule has 0 spiro atoms. The number of aromatic nitrogens is 3. The second-order valence-electron chi connectivity index (χ2n) is 3.65. The monoisotopic (exact) mass is 279 g/mol. The van der Waals surface area contributed by atoms with E-state index in [1.54, 1.807) is 25.4 Å². The number of hydrogen-bond donors (Lipinski definition) is 2. The third-order valence-corrected chi connectivity index (χ3v) is 3.86. The molecule has 0 saturated carbocycles. The number of pyridine rings is 1. The van der Waals surface area contributed by atoms with Gasteiger partial charge in [-0.2, -0.15) is 0 Å². The topological polar surface area (TPSA) is 96.9 Å². The van der Waals surface area contributed by atoms with Gasteiger partial charge in [0.15, 0.2) is 0 Å². The van der Waals surface area contributed by atoms with Crippen molar-refractivity contribution in [2.24, 2.45) is 0 Å². The summed E-state index contributed by atoms with van der Waals surface area (Å²) < 4.78 is 26.8. The lowest BCUT2D eigenvalue weighted by atomic mass is 10.4. The van der Waals surface area contributed by atoms with Crippen LogP contribution >= 0.6 is 0 Å². The van der Waals surface area contributed by atoms with Gasteiger partial charge in [0.05, 0.1) is 17.9 Å². The summed E-state index contributed by atoms with van der Waals surface area (Å²) in [4.78, 5) is 11.6. The highest BCUT2D eigenvalue weighted by atomic mass is 32.2. The molecule has 8 heteroatoms. The maximum atomic E-state index is 12.2. The molecule has 0 radical (unpaired) electrons. The van der Waals surface area contributed by atoms with E-state index in [0.717, 1.165) is 0 Å². The van der Waals surface area contributed by atoms with Gasteiger partial charge in [-0.15, -0.1) is 0 Å². The Morgan fingerprint density at radius 1 is 1.21 bits per heavy atom. The molecule has 0 fully saturated rings. The Labute approximate surface area is 111 Å². The summed E-state index contributed by atoms with van der Waals surface area (Å²) in [7, 11) is -1.99. The van der Waals surface area contributed by atoms with Crippen molar-refractivity contribution in [1.82, 2.24) is 19.7 Å². The van der Waals surface area contributed by atoms with Crippen LogP contribution in [0, 0.1) is 0 Å². The first-order valence-electron chi connectivity index (χ1n) is 5.50. The Morgan fingerprint density at radius 3 is 2.68 bits per heavy atom. The molecule has 0 atom stereocenters. The van der Waals surface area contributed by atoms with E-state index >= 15 is 0 Å². The Kier molecular flexibility index (Phi) is 4.03. The number of rotatable bonds is 5. The van der Waals surface area contributed by atoms with E-state index in [9.17, 15) is 8.42 Å². The lowest BCUT2D eigenvalue weighted by Crippen LogP contribution is -2.24. The van der Waals surface area contributed by atoms with Gasteiger partial charge in [-0.3, -0.25) is 4.98 Å². The summed E-state index contributed by atoms with van der Waals surface area (Å²) >= 11 is 0. The SMILES string of the molecule is CNc1ccncc1S(=O)(=O)NCc1ccncn1. The van der Waals surface area contributed by atoms with Crippen molar-refractivity contribution < 1.29 is 8.42 Å². The number of nitrogens with one attached hydrogen (secondary N) is 2. The zero-order valence-corrected chi connectivity index (χ0v) is 11.1. The predicted molar refractivity (Wildman–Crippen MR) is 69.8 cm³/mol. The lowest BCUT2D eigenvalue weighted by molar-refractivity contribution is 0.580. The van der Waals surface area contributed by atoms with Gasteiger partial charge in [-0.1, -0.05) is 0 Å². The minimum Gasteiger partial charge on any atom is -0.387 e. The average molecular weight is 279 g/mol. The van der Waals surface area contributed by atoms with Crippen molar-refractivity contribution in [3.8, 4) is 0 Å². The number of nitrogens with zero attached hydrogens (tertiary/aromatic N) is 3. The summed E-state index contributed by atoms with van der Waals surface area (Å²) in [5, 5.41) is 2.82. The van der Waals surface area contributed by atoms with E-state index in [1.807, 2.05) is 0 Å². The molecule has 2 heterocycles. The van der Waals surface area contributed by atoms with Gasteiger partial charge in [0.25, 0.3) is 0 Å². The molecule has 0 aliphatic carbocycles. The Morgan fingerprint density at radius 2 is 2.00 bits per heavy atom. The summed E-state index contributed by atoms with van der Waals surface area (Å²) in [6.45, 7) is 0.100. The van der Waals surface area contributed by atoms with Crippen LogP contribution < -0.4 is 10.0 Å². The maximum Gasteiger partial charge on any atom is 0.244 e. The van der Waals surface area contributed by atoms with Crippen molar-refractivity contribution in [1.29, 1.82) is 0 Å². The molecule has 2 aromatic rings. The first-order chi connectivity index (χ1) is 9.13. The summed E-state index contributed by atoms with van der Waals surface area (Å²) in [6, 6.07) is 3.24.